The van der Waals surface area contributed by atoms with Crippen molar-refractivity contribution in [3.8, 4) is 0 Å². The summed E-state index contributed by atoms with van der Waals surface area (Å²) in [6.45, 7) is 7.57. The predicted octanol–water partition coefficient (Wildman–Crippen LogP) is 2.43. The molecule has 1 aliphatic carbocycles. The van der Waals surface area contributed by atoms with Crippen LogP contribution in [0.5, 0.6) is 0 Å². The molecule has 3 fully saturated rings. The van der Waals surface area contributed by atoms with Gasteiger partial charge in [-0.25, -0.2) is 4.79 Å². The van der Waals surface area contributed by atoms with E-state index in [0.29, 0.717) is 11.8 Å². The summed E-state index contributed by atoms with van der Waals surface area (Å²) in [5, 5.41) is 14.2. The first-order valence-electron chi connectivity index (χ1n) is 10.4. The Kier molecular flexibility index (Phi) is 7.25. The molecule has 8 nitrogen and oxygen atoms in total. The van der Waals surface area contributed by atoms with Crippen molar-refractivity contribution in [2.45, 2.75) is 64.5 Å². The van der Waals surface area contributed by atoms with Crippen LogP contribution in [0.3, 0.4) is 0 Å². The molecule has 3 heterocycles. The van der Waals surface area contributed by atoms with E-state index in [1.54, 1.807) is 0 Å². The Bertz CT molecular complexity index is 774. The van der Waals surface area contributed by atoms with Gasteiger partial charge in [0.05, 0.1) is 11.8 Å². The zero-order valence-corrected chi connectivity index (χ0v) is 17.6. The van der Waals surface area contributed by atoms with Crippen molar-refractivity contribution in [2.24, 2.45) is 11.8 Å². The van der Waals surface area contributed by atoms with Gasteiger partial charge in [-0.05, 0) is 57.9 Å². The molecule has 0 bridgehead atoms. The molecule has 174 valence electrons. The standard InChI is InChI=1S/C18H27N3O3.C2HF3O2/c1-11-15(12(2)24-20-11)9-21-6-5-14-7-16(23-17(14)10-21)18(22)19-8-13-3-4-13;3-2(4,5)1(6)7/h13-14,16-17H,3-10H2,1-2H3,(H,19,22);(H,6,7)/t14-,16-,17-;/m0./s1. The number of carbonyl (C=O) groups is 2. The maximum Gasteiger partial charge on any atom is 0.490 e. The summed E-state index contributed by atoms with van der Waals surface area (Å²) in [5.41, 5.74) is 2.16. The summed E-state index contributed by atoms with van der Waals surface area (Å²) >= 11 is 0. The number of aryl methyl sites for hydroxylation is 2. The van der Waals surface area contributed by atoms with Gasteiger partial charge in [0.2, 0.25) is 5.91 Å². The molecule has 0 radical (unpaired) electrons. The van der Waals surface area contributed by atoms with Gasteiger partial charge in [0, 0.05) is 25.2 Å². The molecule has 2 N–H and O–H groups in total. The number of nitrogens with zero attached hydrogens (tertiary/aromatic N) is 2. The zero-order chi connectivity index (χ0) is 22.8. The van der Waals surface area contributed by atoms with Crippen LogP contribution in [0.4, 0.5) is 13.2 Å². The summed E-state index contributed by atoms with van der Waals surface area (Å²) in [5.74, 6) is -0.536. The van der Waals surface area contributed by atoms with Crippen molar-refractivity contribution in [1.29, 1.82) is 0 Å². The van der Waals surface area contributed by atoms with E-state index in [2.05, 4.69) is 15.4 Å². The zero-order valence-electron chi connectivity index (χ0n) is 17.6. The van der Waals surface area contributed by atoms with Crippen LogP contribution in [0.1, 0.15) is 42.7 Å². The fourth-order valence-electron chi connectivity index (χ4n) is 3.94. The normalized spacial score (nSPS) is 26.0. The number of carboxylic acids is 1. The molecule has 1 aromatic rings. The fourth-order valence-corrected chi connectivity index (χ4v) is 3.94. The lowest BCUT2D eigenvalue weighted by atomic mass is 9.91. The van der Waals surface area contributed by atoms with Gasteiger partial charge in [0.15, 0.2) is 0 Å². The molecule has 3 atom stereocenters. The summed E-state index contributed by atoms with van der Waals surface area (Å²) in [6.07, 6.45) is -0.670. The second-order valence-corrected chi connectivity index (χ2v) is 8.48. The van der Waals surface area contributed by atoms with Gasteiger partial charge in [-0.3, -0.25) is 9.69 Å². The number of amides is 1. The van der Waals surface area contributed by atoms with Crippen LogP contribution < -0.4 is 5.32 Å². The van der Waals surface area contributed by atoms with Gasteiger partial charge < -0.3 is 19.7 Å². The van der Waals surface area contributed by atoms with Crippen molar-refractivity contribution < 1.29 is 37.1 Å². The van der Waals surface area contributed by atoms with Crippen molar-refractivity contribution in [1.82, 2.24) is 15.4 Å². The van der Waals surface area contributed by atoms with Crippen molar-refractivity contribution >= 4 is 11.9 Å². The number of hydrogen-bond donors (Lipinski definition) is 2. The minimum absolute atomic E-state index is 0.0913. The molecule has 3 aliphatic rings. The number of alkyl halides is 3. The number of carboxylic acid groups (broad SMARTS) is 1. The fraction of sp³-hybridized carbons (Fsp3) is 0.750. The van der Waals surface area contributed by atoms with Crippen molar-refractivity contribution in [2.75, 3.05) is 19.6 Å². The Morgan fingerprint density at radius 3 is 2.48 bits per heavy atom. The first-order valence-corrected chi connectivity index (χ1v) is 10.4. The first kappa shape index (κ1) is 23.5. The molecule has 2 aliphatic heterocycles. The SMILES string of the molecule is Cc1noc(C)c1CN1CC[C@H]2C[C@@H](C(=O)NCC3CC3)O[C@H]2C1.O=C(O)C(F)(F)F. The van der Waals surface area contributed by atoms with Crippen LogP contribution in [0.2, 0.25) is 0 Å². The highest BCUT2D eigenvalue weighted by Gasteiger charge is 2.42. The Labute approximate surface area is 178 Å². The molecule has 1 aromatic heterocycles. The van der Waals surface area contributed by atoms with Gasteiger partial charge in [-0.2, -0.15) is 13.2 Å². The van der Waals surface area contributed by atoms with Crippen LogP contribution in [-0.4, -0.2) is 65.1 Å². The number of hydrogen-bond acceptors (Lipinski definition) is 6. The summed E-state index contributed by atoms with van der Waals surface area (Å²) in [4.78, 5) is 23.6. The number of halogens is 3. The maximum absolute atomic E-state index is 12.3. The van der Waals surface area contributed by atoms with E-state index in [1.807, 2.05) is 13.8 Å². The van der Waals surface area contributed by atoms with E-state index in [1.165, 1.54) is 18.4 Å². The number of nitrogens with one attached hydrogen (secondary N) is 1. The molecule has 0 spiro atoms. The quantitative estimate of drug-likeness (QED) is 0.714. The number of rotatable bonds is 5. The number of piperidine rings is 1. The number of fused-ring (bicyclic) bond motifs is 1. The number of ether oxygens (including phenoxy) is 1. The number of likely N-dealkylation sites (tertiary alicyclic amines) is 1. The highest BCUT2D eigenvalue weighted by atomic mass is 19.4. The van der Waals surface area contributed by atoms with E-state index in [4.69, 9.17) is 19.2 Å². The number of carbonyl (C=O) groups excluding carboxylic acids is 1. The lowest BCUT2D eigenvalue weighted by Crippen LogP contribution is -2.42. The summed E-state index contributed by atoms with van der Waals surface area (Å²) in [6, 6.07) is 0. The smallest absolute Gasteiger partial charge is 0.475 e. The number of aliphatic carboxylic acids is 1. The molecular weight excluding hydrogens is 419 g/mol. The monoisotopic (exact) mass is 447 g/mol. The van der Waals surface area contributed by atoms with Gasteiger partial charge in [0.25, 0.3) is 0 Å². The third-order valence-electron chi connectivity index (χ3n) is 6.00. The third-order valence-corrected chi connectivity index (χ3v) is 6.00. The first-order chi connectivity index (χ1) is 14.5. The van der Waals surface area contributed by atoms with E-state index >= 15 is 0 Å². The summed E-state index contributed by atoms with van der Waals surface area (Å²) in [7, 11) is 0. The molecule has 1 amide bonds. The van der Waals surface area contributed by atoms with E-state index in [-0.39, 0.29) is 18.1 Å². The van der Waals surface area contributed by atoms with Crippen LogP contribution in [0.25, 0.3) is 0 Å². The second-order valence-electron chi connectivity index (χ2n) is 8.48. The molecule has 1 saturated carbocycles. The molecule has 4 rings (SSSR count). The van der Waals surface area contributed by atoms with Crippen molar-refractivity contribution in [3.05, 3.63) is 17.0 Å². The average molecular weight is 447 g/mol. The van der Waals surface area contributed by atoms with Gasteiger partial charge in [-0.1, -0.05) is 5.16 Å². The molecule has 0 aromatic carbocycles. The molecule has 0 unspecified atom stereocenters. The van der Waals surface area contributed by atoms with E-state index in [9.17, 15) is 18.0 Å². The lowest BCUT2D eigenvalue weighted by molar-refractivity contribution is -0.192. The van der Waals surface area contributed by atoms with Crippen LogP contribution in [-0.2, 0) is 20.9 Å². The Hall–Kier alpha value is -2.14. The Morgan fingerprint density at radius 1 is 1.26 bits per heavy atom. The summed E-state index contributed by atoms with van der Waals surface area (Å²) < 4.78 is 43.1. The van der Waals surface area contributed by atoms with Gasteiger partial charge >= 0.3 is 12.1 Å². The minimum Gasteiger partial charge on any atom is -0.475 e. The molecule has 11 heteroatoms. The Balaban J connectivity index is 0.000000339. The van der Waals surface area contributed by atoms with E-state index < -0.39 is 12.1 Å². The van der Waals surface area contributed by atoms with Gasteiger partial charge in [-0.15, -0.1) is 0 Å². The van der Waals surface area contributed by atoms with Crippen LogP contribution in [0, 0.1) is 25.7 Å². The average Bonchev–Trinajstić information content (AvgIpc) is 3.36. The van der Waals surface area contributed by atoms with Crippen LogP contribution in [0.15, 0.2) is 4.52 Å². The minimum atomic E-state index is -5.08. The largest absolute Gasteiger partial charge is 0.490 e. The predicted molar refractivity (Wildman–Crippen MR) is 102 cm³/mol. The highest BCUT2D eigenvalue weighted by Crippen LogP contribution is 2.34. The second kappa shape index (κ2) is 9.56. The third kappa shape index (κ3) is 6.42. The topological polar surface area (TPSA) is 105 Å². The van der Waals surface area contributed by atoms with Crippen LogP contribution >= 0.6 is 0 Å². The maximum atomic E-state index is 12.3. The highest BCUT2D eigenvalue weighted by molar-refractivity contribution is 5.81. The number of aromatic nitrogens is 1. The van der Waals surface area contributed by atoms with Crippen molar-refractivity contribution in [3.63, 3.8) is 0 Å². The molecule has 2 saturated heterocycles. The van der Waals surface area contributed by atoms with E-state index in [0.717, 1.165) is 50.5 Å². The Morgan fingerprint density at radius 2 is 1.94 bits per heavy atom. The lowest BCUT2D eigenvalue weighted by Gasteiger charge is -2.33. The van der Waals surface area contributed by atoms with Gasteiger partial charge in [0.1, 0.15) is 11.9 Å². The molecular formula is C20H28F3N3O5. The molecule has 31 heavy (non-hydrogen) atoms.